The maximum Gasteiger partial charge on any atom is 0.00861 e. The highest BCUT2D eigenvalue weighted by Crippen LogP contribution is 2.01. The quantitative estimate of drug-likeness (QED) is 0.316. The second-order valence-electron chi connectivity index (χ2n) is 2.73. The van der Waals surface area contributed by atoms with E-state index in [4.69, 9.17) is 6.42 Å². The zero-order valence-corrected chi connectivity index (χ0v) is 6.98. The normalized spacial score (nSPS) is 8.50. The van der Waals surface area contributed by atoms with Gasteiger partial charge in [0.05, 0.1) is 0 Å². The lowest BCUT2D eigenvalue weighted by molar-refractivity contribution is 0.769. The van der Waals surface area contributed by atoms with Crippen LogP contribution in [0.2, 0.25) is 0 Å². The van der Waals surface area contributed by atoms with Gasteiger partial charge in [0, 0.05) is 6.42 Å². The molecule has 0 atom stereocenters. The fourth-order valence-corrected chi connectivity index (χ4v) is 0.762. The smallest absolute Gasteiger partial charge is 0.00861 e. The molecule has 0 aromatic heterocycles. The fraction of sp³-hybridized carbons (Fsp3) is 0.600. The third-order valence-electron chi connectivity index (χ3n) is 1.33. The van der Waals surface area contributed by atoms with Gasteiger partial charge in [0.15, 0.2) is 0 Å². The Balaban J connectivity index is 3.07. The van der Waals surface area contributed by atoms with Crippen molar-refractivity contribution < 1.29 is 0 Å². The molecule has 0 fully saturated rings. The van der Waals surface area contributed by atoms with Crippen LogP contribution in [0.25, 0.3) is 0 Å². The number of hydrogen-bond acceptors (Lipinski definition) is 0. The SMILES string of the molecule is C#CCCCCC=C(C)C. The number of rotatable bonds is 4. The van der Waals surface area contributed by atoms with Crippen molar-refractivity contribution in [2.45, 2.75) is 39.5 Å². The summed E-state index contributed by atoms with van der Waals surface area (Å²) < 4.78 is 0. The fourth-order valence-electron chi connectivity index (χ4n) is 0.762. The topological polar surface area (TPSA) is 0 Å². The molecule has 56 valence electrons. The van der Waals surface area contributed by atoms with Crippen LogP contribution >= 0.6 is 0 Å². The van der Waals surface area contributed by atoms with Crippen LogP contribution in [-0.2, 0) is 0 Å². The predicted molar refractivity (Wildman–Crippen MR) is 46.7 cm³/mol. The van der Waals surface area contributed by atoms with E-state index in [2.05, 4.69) is 25.8 Å². The van der Waals surface area contributed by atoms with E-state index >= 15 is 0 Å². The van der Waals surface area contributed by atoms with E-state index in [-0.39, 0.29) is 0 Å². The number of allylic oxidation sites excluding steroid dienone is 2. The lowest BCUT2D eigenvalue weighted by Gasteiger charge is -1.92. The first-order valence-electron chi connectivity index (χ1n) is 3.84. The van der Waals surface area contributed by atoms with Gasteiger partial charge in [-0.2, -0.15) is 0 Å². The molecule has 0 aromatic rings. The highest BCUT2D eigenvalue weighted by atomic mass is 13.9. The van der Waals surface area contributed by atoms with E-state index in [0.29, 0.717) is 0 Å². The summed E-state index contributed by atoms with van der Waals surface area (Å²) >= 11 is 0. The first kappa shape index (κ1) is 9.30. The Morgan fingerprint density at radius 3 is 2.60 bits per heavy atom. The predicted octanol–water partition coefficient (Wildman–Crippen LogP) is 3.15. The van der Waals surface area contributed by atoms with E-state index in [1.165, 1.54) is 24.8 Å². The molecular weight excluding hydrogens is 120 g/mol. The van der Waals surface area contributed by atoms with Gasteiger partial charge in [-0.05, 0) is 33.1 Å². The standard InChI is InChI=1S/C10H16/c1-4-5-6-7-8-9-10(2)3/h1,9H,5-8H2,2-3H3. The third kappa shape index (κ3) is 7.30. The highest BCUT2D eigenvalue weighted by molar-refractivity contribution is 4.92. The minimum atomic E-state index is 0.927. The van der Waals surface area contributed by atoms with E-state index in [1.807, 2.05) is 0 Å². The Morgan fingerprint density at radius 2 is 2.10 bits per heavy atom. The number of hydrogen-bond donors (Lipinski definition) is 0. The summed E-state index contributed by atoms with van der Waals surface area (Å²) in [5.74, 6) is 2.64. The van der Waals surface area contributed by atoms with Gasteiger partial charge in [-0.15, -0.1) is 12.3 Å². The van der Waals surface area contributed by atoms with Gasteiger partial charge in [0.1, 0.15) is 0 Å². The minimum absolute atomic E-state index is 0.927. The van der Waals surface area contributed by atoms with Crippen LogP contribution in [0.3, 0.4) is 0 Å². The molecule has 0 rings (SSSR count). The lowest BCUT2D eigenvalue weighted by Crippen LogP contribution is -1.73. The first-order valence-corrected chi connectivity index (χ1v) is 3.84. The van der Waals surface area contributed by atoms with Crippen molar-refractivity contribution in [3.05, 3.63) is 11.6 Å². The Labute approximate surface area is 64.3 Å². The summed E-state index contributed by atoms with van der Waals surface area (Å²) in [4.78, 5) is 0. The van der Waals surface area contributed by atoms with E-state index in [0.717, 1.165) is 6.42 Å². The van der Waals surface area contributed by atoms with Gasteiger partial charge in [0.25, 0.3) is 0 Å². The number of unbranched alkanes of at least 4 members (excludes halogenated alkanes) is 3. The van der Waals surface area contributed by atoms with Gasteiger partial charge < -0.3 is 0 Å². The second-order valence-corrected chi connectivity index (χ2v) is 2.73. The Hall–Kier alpha value is -0.700. The second kappa shape index (κ2) is 6.42. The average Bonchev–Trinajstić information content (AvgIpc) is 1.87. The van der Waals surface area contributed by atoms with E-state index < -0.39 is 0 Å². The molecular formula is C10H16. The van der Waals surface area contributed by atoms with Crippen molar-refractivity contribution >= 4 is 0 Å². The molecule has 0 heterocycles. The molecule has 0 radical (unpaired) electrons. The molecule has 0 aliphatic carbocycles. The maximum atomic E-state index is 5.11. The molecule has 0 bridgehead atoms. The summed E-state index contributed by atoms with van der Waals surface area (Å²) in [6.07, 6.45) is 11.9. The van der Waals surface area contributed by atoms with Crippen molar-refractivity contribution in [3.63, 3.8) is 0 Å². The van der Waals surface area contributed by atoms with Crippen LogP contribution in [0.15, 0.2) is 11.6 Å². The maximum absolute atomic E-state index is 5.11. The minimum Gasteiger partial charge on any atom is -0.120 e. The summed E-state index contributed by atoms with van der Waals surface area (Å²) in [5, 5.41) is 0. The molecule has 0 spiro atoms. The molecule has 0 N–H and O–H groups in total. The molecule has 0 aromatic carbocycles. The van der Waals surface area contributed by atoms with Gasteiger partial charge >= 0.3 is 0 Å². The summed E-state index contributed by atoms with van der Waals surface area (Å²) in [6.45, 7) is 4.25. The zero-order chi connectivity index (χ0) is 7.82. The average molecular weight is 136 g/mol. The van der Waals surface area contributed by atoms with Crippen LogP contribution < -0.4 is 0 Å². The van der Waals surface area contributed by atoms with Crippen molar-refractivity contribution in [2.24, 2.45) is 0 Å². The van der Waals surface area contributed by atoms with E-state index in [9.17, 15) is 0 Å². The van der Waals surface area contributed by atoms with E-state index in [1.54, 1.807) is 0 Å². The third-order valence-corrected chi connectivity index (χ3v) is 1.33. The van der Waals surface area contributed by atoms with Crippen LogP contribution in [-0.4, -0.2) is 0 Å². The molecule has 0 amide bonds. The van der Waals surface area contributed by atoms with Crippen LogP contribution in [0.5, 0.6) is 0 Å². The van der Waals surface area contributed by atoms with Gasteiger partial charge in [-0.25, -0.2) is 0 Å². The molecule has 0 aliphatic rings. The summed E-state index contributed by atoms with van der Waals surface area (Å²) in [7, 11) is 0. The molecule has 0 saturated carbocycles. The van der Waals surface area contributed by atoms with Crippen molar-refractivity contribution in [3.8, 4) is 12.3 Å². The Bertz CT molecular complexity index is 131. The Morgan fingerprint density at radius 1 is 1.40 bits per heavy atom. The molecule has 0 aliphatic heterocycles. The summed E-state index contributed by atoms with van der Waals surface area (Å²) in [5.41, 5.74) is 1.40. The van der Waals surface area contributed by atoms with Gasteiger partial charge in [-0.3, -0.25) is 0 Å². The van der Waals surface area contributed by atoms with Crippen molar-refractivity contribution in [2.75, 3.05) is 0 Å². The zero-order valence-electron chi connectivity index (χ0n) is 6.98. The first-order chi connectivity index (χ1) is 4.77. The molecule has 0 nitrogen and oxygen atoms in total. The van der Waals surface area contributed by atoms with Crippen molar-refractivity contribution in [1.82, 2.24) is 0 Å². The Kier molecular flexibility index (Phi) is 5.97. The van der Waals surface area contributed by atoms with Crippen LogP contribution in [0.1, 0.15) is 39.5 Å². The monoisotopic (exact) mass is 136 g/mol. The van der Waals surface area contributed by atoms with Crippen molar-refractivity contribution in [1.29, 1.82) is 0 Å². The summed E-state index contributed by atoms with van der Waals surface area (Å²) in [6, 6.07) is 0. The molecule has 0 saturated heterocycles. The largest absolute Gasteiger partial charge is 0.120 e. The van der Waals surface area contributed by atoms with Gasteiger partial charge in [0.2, 0.25) is 0 Å². The molecule has 0 heteroatoms. The number of terminal acetylenes is 1. The lowest BCUT2D eigenvalue weighted by atomic mass is 10.1. The molecule has 0 unspecified atom stereocenters. The molecule has 10 heavy (non-hydrogen) atoms. The highest BCUT2D eigenvalue weighted by Gasteiger charge is 1.82. The van der Waals surface area contributed by atoms with Gasteiger partial charge in [-0.1, -0.05) is 11.6 Å². The van der Waals surface area contributed by atoms with Crippen LogP contribution in [0, 0.1) is 12.3 Å². The van der Waals surface area contributed by atoms with Crippen LogP contribution in [0.4, 0.5) is 0 Å².